The van der Waals surface area contributed by atoms with Gasteiger partial charge in [0.1, 0.15) is 11.6 Å². The van der Waals surface area contributed by atoms with Crippen LogP contribution in [0.2, 0.25) is 0 Å². The fourth-order valence-corrected chi connectivity index (χ4v) is 3.31. The Hall–Kier alpha value is -2.99. The Morgan fingerprint density at radius 3 is 2.36 bits per heavy atom. The van der Waals surface area contributed by atoms with Gasteiger partial charge in [-0.2, -0.15) is 0 Å². The summed E-state index contributed by atoms with van der Waals surface area (Å²) in [7, 11) is 3.70. The monoisotopic (exact) mass is 382 g/mol. The molecule has 1 fully saturated rings. The number of nitrogens with zero attached hydrogens (tertiary/aromatic N) is 2. The summed E-state index contributed by atoms with van der Waals surface area (Å²) in [5.41, 5.74) is 1.51. The number of hydrogen-bond acceptors (Lipinski definition) is 4. The summed E-state index contributed by atoms with van der Waals surface area (Å²) < 4.78 is 14.6. The molecule has 1 saturated heterocycles. The molecule has 2 aromatic rings. The zero-order chi connectivity index (χ0) is 20.4. The van der Waals surface area contributed by atoms with Gasteiger partial charge in [-0.15, -0.1) is 0 Å². The van der Waals surface area contributed by atoms with Crippen molar-refractivity contribution in [3.8, 4) is 0 Å². The minimum Gasteiger partial charge on any atom is -0.507 e. The molecule has 1 atom stereocenters. The molecule has 3 rings (SSSR count). The lowest BCUT2D eigenvalue weighted by Gasteiger charge is -2.26. The number of ketones is 1. The van der Waals surface area contributed by atoms with Gasteiger partial charge >= 0.3 is 0 Å². The number of aliphatic hydroxyl groups excluding tert-OH is 1. The minimum atomic E-state index is -0.970. The molecule has 6 heteroatoms. The van der Waals surface area contributed by atoms with Crippen molar-refractivity contribution in [3.05, 3.63) is 76.6 Å². The highest BCUT2D eigenvalue weighted by Crippen LogP contribution is 2.40. The molecule has 2 aromatic carbocycles. The molecule has 1 heterocycles. The quantitative estimate of drug-likeness (QED) is 0.490. The molecule has 0 radical (unpaired) electrons. The molecule has 1 amide bonds. The number of hydrogen-bond donors (Lipinski definition) is 1. The van der Waals surface area contributed by atoms with Crippen LogP contribution >= 0.6 is 0 Å². The van der Waals surface area contributed by atoms with E-state index in [1.165, 1.54) is 17.0 Å². The first-order chi connectivity index (χ1) is 13.3. The third-order valence-electron chi connectivity index (χ3n) is 4.85. The number of carbonyl (C=O) groups is 2. The van der Waals surface area contributed by atoms with E-state index in [9.17, 15) is 19.1 Å². The molecule has 5 nitrogen and oxygen atoms in total. The van der Waals surface area contributed by atoms with Gasteiger partial charge in [-0.1, -0.05) is 48.0 Å². The fraction of sp³-hybridized carbons (Fsp3) is 0.273. The number of carbonyl (C=O) groups excluding carboxylic acids is 2. The summed E-state index contributed by atoms with van der Waals surface area (Å²) in [5, 5.41) is 10.9. The van der Waals surface area contributed by atoms with Crippen LogP contribution in [-0.2, 0) is 9.59 Å². The second-order valence-corrected chi connectivity index (χ2v) is 7.18. The van der Waals surface area contributed by atoms with Crippen molar-refractivity contribution in [2.24, 2.45) is 0 Å². The second kappa shape index (κ2) is 7.94. The highest BCUT2D eigenvalue weighted by molar-refractivity contribution is 6.46. The number of Topliss-reactive ketones (excluding diaryl/α,β-unsaturated/α-hetero) is 1. The zero-order valence-corrected chi connectivity index (χ0v) is 16.1. The standard InChI is InChI=1S/C22H23FN2O3/c1-14-8-10-15(11-9-14)20(26)18-19(16-6-4-5-7-17(16)23)25(13-12-24(2)3)22(28)21(18)27/h4-11,19,26H,12-13H2,1-3H3/t19-/m1/s1. The van der Waals surface area contributed by atoms with Crippen LogP contribution in [0.5, 0.6) is 0 Å². The van der Waals surface area contributed by atoms with Gasteiger partial charge in [0, 0.05) is 24.2 Å². The van der Waals surface area contributed by atoms with Crippen LogP contribution in [0.3, 0.4) is 0 Å². The molecule has 0 aromatic heterocycles. The SMILES string of the molecule is Cc1ccc(C(O)=C2C(=O)C(=O)N(CCN(C)C)[C@@H]2c2ccccc2F)cc1. The van der Waals surface area contributed by atoms with Crippen LogP contribution in [0.4, 0.5) is 4.39 Å². The third-order valence-corrected chi connectivity index (χ3v) is 4.85. The Morgan fingerprint density at radius 2 is 1.75 bits per heavy atom. The summed E-state index contributed by atoms with van der Waals surface area (Å²) in [5.74, 6) is -2.35. The summed E-state index contributed by atoms with van der Waals surface area (Å²) in [6.45, 7) is 2.65. The number of aryl methyl sites for hydroxylation is 1. The van der Waals surface area contributed by atoms with Gasteiger partial charge in [0.25, 0.3) is 11.7 Å². The van der Waals surface area contributed by atoms with E-state index in [0.717, 1.165) is 5.56 Å². The smallest absolute Gasteiger partial charge is 0.295 e. The molecule has 0 spiro atoms. The molecular formula is C22H23FN2O3. The minimum absolute atomic E-state index is 0.0855. The first-order valence-corrected chi connectivity index (χ1v) is 9.06. The summed E-state index contributed by atoms with van der Waals surface area (Å²) in [4.78, 5) is 28.7. The molecular weight excluding hydrogens is 359 g/mol. The lowest BCUT2D eigenvalue weighted by Crippen LogP contribution is -2.35. The molecule has 28 heavy (non-hydrogen) atoms. The van der Waals surface area contributed by atoms with Crippen molar-refractivity contribution in [1.82, 2.24) is 9.80 Å². The molecule has 146 valence electrons. The largest absolute Gasteiger partial charge is 0.507 e. The lowest BCUT2D eigenvalue weighted by molar-refractivity contribution is -0.140. The Kier molecular flexibility index (Phi) is 5.61. The van der Waals surface area contributed by atoms with Gasteiger partial charge in [0.05, 0.1) is 11.6 Å². The highest BCUT2D eigenvalue weighted by atomic mass is 19.1. The predicted molar refractivity (Wildman–Crippen MR) is 105 cm³/mol. The number of likely N-dealkylation sites (tertiary alicyclic amines) is 1. The van der Waals surface area contributed by atoms with Crippen LogP contribution in [-0.4, -0.2) is 53.8 Å². The first-order valence-electron chi connectivity index (χ1n) is 9.06. The normalized spacial score (nSPS) is 18.9. The van der Waals surface area contributed by atoms with E-state index in [1.807, 2.05) is 25.9 Å². The summed E-state index contributed by atoms with van der Waals surface area (Å²) >= 11 is 0. The molecule has 1 aliphatic heterocycles. The van der Waals surface area contributed by atoms with Crippen LogP contribution in [0.1, 0.15) is 22.7 Å². The topological polar surface area (TPSA) is 60.9 Å². The number of amides is 1. The van der Waals surface area contributed by atoms with Gasteiger partial charge < -0.3 is 14.9 Å². The highest BCUT2D eigenvalue weighted by Gasteiger charge is 2.46. The van der Waals surface area contributed by atoms with E-state index in [0.29, 0.717) is 12.1 Å². The van der Waals surface area contributed by atoms with E-state index < -0.39 is 23.5 Å². The fourth-order valence-electron chi connectivity index (χ4n) is 3.31. The summed E-state index contributed by atoms with van der Waals surface area (Å²) in [6, 6.07) is 12.0. The Bertz CT molecular complexity index is 935. The van der Waals surface area contributed by atoms with E-state index >= 15 is 0 Å². The lowest BCUT2D eigenvalue weighted by atomic mass is 9.94. The van der Waals surface area contributed by atoms with Crippen LogP contribution < -0.4 is 0 Å². The predicted octanol–water partition coefficient (Wildman–Crippen LogP) is 3.12. The first kappa shape index (κ1) is 19.8. The average molecular weight is 382 g/mol. The molecule has 1 aliphatic rings. The molecule has 0 bridgehead atoms. The average Bonchev–Trinajstić information content (AvgIpc) is 2.91. The molecule has 1 N–H and O–H groups in total. The van der Waals surface area contributed by atoms with E-state index in [2.05, 4.69) is 0 Å². The van der Waals surface area contributed by atoms with Crippen molar-refractivity contribution in [2.45, 2.75) is 13.0 Å². The third kappa shape index (κ3) is 3.68. The number of benzene rings is 2. The Morgan fingerprint density at radius 1 is 1.11 bits per heavy atom. The Balaban J connectivity index is 2.16. The molecule has 0 unspecified atom stereocenters. The molecule has 0 aliphatic carbocycles. The van der Waals surface area contributed by atoms with Crippen molar-refractivity contribution in [3.63, 3.8) is 0 Å². The maximum absolute atomic E-state index is 14.6. The van der Waals surface area contributed by atoms with E-state index in [-0.39, 0.29) is 23.4 Å². The summed E-state index contributed by atoms with van der Waals surface area (Å²) in [6.07, 6.45) is 0. The van der Waals surface area contributed by atoms with Crippen LogP contribution in [0.15, 0.2) is 54.1 Å². The van der Waals surface area contributed by atoms with Crippen LogP contribution in [0.25, 0.3) is 5.76 Å². The zero-order valence-electron chi connectivity index (χ0n) is 16.1. The Labute approximate surface area is 163 Å². The maximum atomic E-state index is 14.6. The molecule has 0 saturated carbocycles. The second-order valence-electron chi connectivity index (χ2n) is 7.18. The van der Waals surface area contributed by atoms with Crippen LogP contribution in [0, 0.1) is 12.7 Å². The number of halogens is 1. The van der Waals surface area contributed by atoms with Crippen molar-refractivity contribution < 1.29 is 19.1 Å². The van der Waals surface area contributed by atoms with E-state index in [1.54, 1.807) is 36.4 Å². The van der Waals surface area contributed by atoms with Gasteiger partial charge in [-0.05, 0) is 27.1 Å². The van der Waals surface area contributed by atoms with Crippen molar-refractivity contribution in [1.29, 1.82) is 0 Å². The van der Waals surface area contributed by atoms with Crippen molar-refractivity contribution in [2.75, 3.05) is 27.2 Å². The number of aliphatic hydroxyl groups is 1. The van der Waals surface area contributed by atoms with Crippen molar-refractivity contribution >= 4 is 17.4 Å². The maximum Gasteiger partial charge on any atom is 0.295 e. The van der Waals surface area contributed by atoms with Gasteiger partial charge in [0.2, 0.25) is 0 Å². The van der Waals surface area contributed by atoms with Gasteiger partial charge in [0.15, 0.2) is 0 Å². The number of likely N-dealkylation sites (N-methyl/N-ethyl adjacent to an activating group) is 1. The van der Waals surface area contributed by atoms with Gasteiger partial charge in [-0.3, -0.25) is 9.59 Å². The van der Waals surface area contributed by atoms with E-state index in [4.69, 9.17) is 0 Å². The number of rotatable bonds is 5. The van der Waals surface area contributed by atoms with Gasteiger partial charge in [-0.25, -0.2) is 4.39 Å².